The Morgan fingerprint density at radius 2 is 1.48 bits per heavy atom. The Kier molecular flexibility index (Phi) is 8.57. The molecule has 0 spiro atoms. The first kappa shape index (κ1) is 33.7. The molecule has 0 amide bonds. The van der Waals surface area contributed by atoms with Gasteiger partial charge in [-0.25, -0.2) is 0 Å². The van der Waals surface area contributed by atoms with Gasteiger partial charge in [-0.3, -0.25) is 9.59 Å². The second kappa shape index (κ2) is 12.7. The number of ether oxygens (including phenoxy) is 1. The van der Waals surface area contributed by atoms with Crippen molar-refractivity contribution in [3.63, 3.8) is 0 Å². The molecule has 7 N–H and O–H groups in total. The van der Waals surface area contributed by atoms with E-state index in [-0.39, 0.29) is 57.4 Å². The van der Waals surface area contributed by atoms with Crippen LogP contribution >= 0.6 is 0 Å². The predicted octanol–water partition coefficient (Wildman–Crippen LogP) is 7.42. The SMILES string of the molecule is CC1=C[C@H](c2c(O)ccc(C(=O)/C=C/c3ccc(O)cc3O)c2O)[C@H](C(=O)c2ccc3c(c2O)C=CC(C)(C)O3)[C@@H](c2ccc(O)cc2O)C1. The van der Waals surface area contributed by atoms with Crippen LogP contribution in [0.5, 0.6) is 46.0 Å². The van der Waals surface area contributed by atoms with E-state index in [1.165, 1.54) is 48.5 Å². The minimum atomic E-state index is -1.14. The zero-order valence-corrected chi connectivity index (χ0v) is 27.5. The Labute approximate surface area is 287 Å². The average molecular weight is 677 g/mol. The summed E-state index contributed by atoms with van der Waals surface area (Å²) in [6.45, 7) is 5.50. The van der Waals surface area contributed by atoms with Crippen molar-refractivity contribution in [2.24, 2.45) is 5.92 Å². The number of aromatic hydroxyl groups is 7. The monoisotopic (exact) mass is 676 g/mol. The third-order valence-electron chi connectivity index (χ3n) is 9.23. The largest absolute Gasteiger partial charge is 0.508 e. The predicted molar refractivity (Wildman–Crippen MR) is 186 cm³/mol. The smallest absolute Gasteiger partial charge is 0.189 e. The van der Waals surface area contributed by atoms with Gasteiger partial charge in [0.25, 0.3) is 0 Å². The number of phenols is 7. The molecule has 1 heterocycles. The molecule has 4 aromatic rings. The molecule has 1 aliphatic heterocycles. The van der Waals surface area contributed by atoms with Crippen LogP contribution in [-0.2, 0) is 0 Å². The molecular formula is C40H36O10. The number of allylic oxidation sites excluding steroid dienone is 3. The zero-order valence-electron chi connectivity index (χ0n) is 27.5. The summed E-state index contributed by atoms with van der Waals surface area (Å²) in [6, 6.07) is 13.4. The molecular weight excluding hydrogens is 640 g/mol. The van der Waals surface area contributed by atoms with E-state index in [4.69, 9.17) is 4.74 Å². The maximum absolute atomic E-state index is 14.8. The van der Waals surface area contributed by atoms with E-state index >= 15 is 0 Å². The van der Waals surface area contributed by atoms with E-state index in [0.717, 1.165) is 23.8 Å². The summed E-state index contributed by atoms with van der Waals surface area (Å²) >= 11 is 0. The Bertz CT molecular complexity index is 2140. The van der Waals surface area contributed by atoms with Crippen molar-refractivity contribution in [1.82, 2.24) is 0 Å². The van der Waals surface area contributed by atoms with Crippen LogP contribution in [0.4, 0.5) is 0 Å². The number of ketones is 2. The summed E-state index contributed by atoms with van der Waals surface area (Å²) in [4.78, 5) is 28.2. The number of rotatable bonds is 7. The number of hydrogen-bond acceptors (Lipinski definition) is 10. The summed E-state index contributed by atoms with van der Waals surface area (Å²) in [5, 5.41) is 75.1. The fourth-order valence-corrected chi connectivity index (χ4v) is 6.83. The fraction of sp³-hybridized carbons (Fsp3) is 0.200. The van der Waals surface area contributed by atoms with E-state index in [2.05, 4.69) is 0 Å². The Morgan fingerprint density at radius 1 is 0.800 bits per heavy atom. The van der Waals surface area contributed by atoms with Crippen LogP contribution in [0.25, 0.3) is 12.2 Å². The van der Waals surface area contributed by atoms with Gasteiger partial charge in [0.05, 0.1) is 16.7 Å². The van der Waals surface area contributed by atoms with E-state index in [1.54, 1.807) is 31.2 Å². The van der Waals surface area contributed by atoms with Crippen LogP contribution in [0.3, 0.4) is 0 Å². The maximum Gasteiger partial charge on any atom is 0.189 e. The van der Waals surface area contributed by atoms with Crippen molar-refractivity contribution < 1.29 is 50.1 Å². The van der Waals surface area contributed by atoms with Gasteiger partial charge in [0, 0.05) is 41.0 Å². The molecule has 4 aromatic carbocycles. The summed E-state index contributed by atoms with van der Waals surface area (Å²) in [5.41, 5.74) is 0.623. The highest BCUT2D eigenvalue weighted by Gasteiger charge is 2.44. The van der Waals surface area contributed by atoms with Crippen LogP contribution in [0.2, 0.25) is 0 Å². The molecule has 0 aromatic heterocycles. The van der Waals surface area contributed by atoms with Gasteiger partial charge in [-0.05, 0) is 99.5 Å². The van der Waals surface area contributed by atoms with E-state index in [9.17, 15) is 45.3 Å². The van der Waals surface area contributed by atoms with Crippen molar-refractivity contribution in [2.75, 3.05) is 0 Å². The molecule has 2 aliphatic rings. The third-order valence-corrected chi connectivity index (χ3v) is 9.23. The van der Waals surface area contributed by atoms with Crippen LogP contribution in [0.1, 0.15) is 82.0 Å². The second-order valence-electron chi connectivity index (χ2n) is 13.2. The fourth-order valence-electron chi connectivity index (χ4n) is 6.83. The first-order valence-electron chi connectivity index (χ1n) is 15.9. The molecule has 10 nitrogen and oxygen atoms in total. The minimum Gasteiger partial charge on any atom is -0.508 e. The van der Waals surface area contributed by atoms with E-state index in [1.807, 2.05) is 13.8 Å². The Balaban J connectivity index is 1.49. The lowest BCUT2D eigenvalue weighted by molar-refractivity contribution is 0.0876. The lowest BCUT2D eigenvalue weighted by Gasteiger charge is -2.37. The standard InChI is InChI=1S/C40H36O10/c1-20-16-28(24-8-7-23(42)19-33(24)46)35(39(49)27-10-13-34-26(37(27)47)14-15-40(2,3)50-34)29(17-20)36-31(44)12-9-25(38(36)48)30(43)11-5-21-4-6-22(41)18-32(21)45/h4-15,17-19,28-29,35,41-42,44-48H,16H2,1-3H3/b11-5+/t28-,29+,35-/m1/s1. The third kappa shape index (κ3) is 6.23. The first-order chi connectivity index (χ1) is 23.6. The second-order valence-corrected chi connectivity index (χ2v) is 13.2. The number of carbonyl (C=O) groups is 2. The topological polar surface area (TPSA) is 185 Å². The number of hydrogen-bond donors (Lipinski definition) is 7. The molecule has 50 heavy (non-hydrogen) atoms. The maximum atomic E-state index is 14.8. The van der Waals surface area contributed by atoms with Gasteiger partial charge in [-0.15, -0.1) is 0 Å². The van der Waals surface area contributed by atoms with Crippen molar-refractivity contribution in [3.8, 4) is 46.0 Å². The molecule has 0 bridgehead atoms. The molecule has 0 saturated heterocycles. The molecule has 0 saturated carbocycles. The van der Waals surface area contributed by atoms with E-state index in [0.29, 0.717) is 16.9 Å². The van der Waals surface area contributed by atoms with Crippen LogP contribution in [-0.4, -0.2) is 52.9 Å². The van der Waals surface area contributed by atoms with Crippen LogP contribution in [0, 0.1) is 5.92 Å². The van der Waals surface area contributed by atoms with Crippen molar-refractivity contribution in [2.45, 2.75) is 44.6 Å². The summed E-state index contributed by atoms with van der Waals surface area (Å²) in [5.74, 6) is -6.02. The molecule has 256 valence electrons. The molecule has 6 rings (SSSR count). The van der Waals surface area contributed by atoms with Gasteiger partial charge in [0.2, 0.25) is 0 Å². The molecule has 0 fully saturated rings. The molecule has 0 radical (unpaired) electrons. The molecule has 1 aliphatic carbocycles. The van der Waals surface area contributed by atoms with E-state index < -0.39 is 46.4 Å². The molecule has 10 heteroatoms. The van der Waals surface area contributed by atoms with Crippen LogP contribution < -0.4 is 4.74 Å². The highest BCUT2D eigenvalue weighted by molar-refractivity contribution is 6.09. The van der Waals surface area contributed by atoms with Gasteiger partial charge in [0.15, 0.2) is 11.6 Å². The highest BCUT2D eigenvalue weighted by atomic mass is 16.5. The number of fused-ring (bicyclic) bond motifs is 1. The van der Waals surface area contributed by atoms with Crippen LogP contribution in [0.15, 0.2) is 84.5 Å². The van der Waals surface area contributed by atoms with Crippen molar-refractivity contribution in [3.05, 3.63) is 118 Å². The van der Waals surface area contributed by atoms with Crippen molar-refractivity contribution >= 4 is 23.7 Å². The number of benzene rings is 4. The molecule has 0 unspecified atom stereocenters. The molecule has 3 atom stereocenters. The summed E-state index contributed by atoms with van der Waals surface area (Å²) in [6.07, 6.45) is 7.84. The normalized spacial score (nSPS) is 19.4. The van der Waals surface area contributed by atoms with Gasteiger partial charge < -0.3 is 40.5 Å². The summed E-state index contributed by atoms with van der Waals surface area (Å²) < 4.78 is 5.98. The summed E-state index contributed by atoms with van der Waals surface area (Å²) in [7, 11) is 0. The Morgan fingerprint density at radius 3 is 2.18 bits per heavy atom. The number of Topliss-reactive ketones (excluding diaryl/α,β-unsaturated/α-hetero) is 1. The average Bonchev–Trinajstić information content (AvgIpc) is 3.03. The van der Waals surface area contributed by atoms with Gasteiger partial charge >= 0.3 is 0 Å². The van der Waals surface area contributed by atoms with Crippen molar-refractivity contribution in [1.29, 1.82) is 0 Å². The van der Waals surface area contributed by atoms with Gasteiger partial charge in [0.1, 0.15) is 51.6 Å². The first-order valence-corrected chi connectivity index (χ1v) is 15.9. The van der Waals surface area contributed by atoms with Gasteiger partial charge in [-0.1, -0.05) is 17.7 Å². The number of carbonyl (C=O) groups excluding carboxylic acids is 2. The zero-order chi connectivity index (χ0) is 36.1. The minimum absolute atomic E-state index is 0.0502. The highest BCUT2D eigenvalue weighted by Crippen LogP contribution is 2.53. The quantitative estimate of drug-likeness (QED) is 0.0590. The number of phenolic OH excluding ortho intramolecular Hbond substituents is 7. The Hall–Kier alpha value is -6.16. The lowest BCUT2D eigenvalue weighted by Crippen LogP contribution is -2.32. The van der Waals surface area contributed by atoms with Gasteiger partial charge in [-0.2, -0.15) is 0 Å². The lowest BCUT2D eigenvalue weighted by atomic mass is 9.65.